The van der Waals surface area contributed by atoms with Crippen LogP contribution in [0.2, 0.25) is 0 Å². The molecule has 1 aromatic rings. The summed E-state index contributed by atoms with van der Waals surface area (Å²) < 4.78 is 54.8. The van der Waals surface area contributed by atoms with Crippen LogP contribution in [0.15, 0.2) is 36.1 Å². The number of alkyl halides is 4. The van der Waals surface area contributed by atoms with Crippen molar-refractivity contribution in [3.05, 3.63) is 41.7 Å². The number of halogens is 4. The highest BCUT2D eigenvalue weighted by atomic mass is 127. The van der Waals surface area contributed by atoms with E-state index in [-0.39, 0.29) is 12.4 Å². The summed E-state index contributed by atoms with van der Waals surface area (Å²) in [6, 6.07) is 4.75. The first-order chi connectivity index (χ1) is 10.4. The maximum Gasteiger partial charge on any atom is 0.416 e. The number of hydrogen-bond donors (Lipinski definition) is 0. The second kappa shape index (κ2) is 9.24. The first-order valence-corrected chi connectivity index (χ1v) is 8.22. The molecule has 22 heavy (non-hydrogen) atoms. The average Bonchev–Trinajstić information content (AvgIpc) is 2.45. The summed E-state index contributed by atoms with van der Waals surface area (Å²) in [5, 5.41) is 0. The lowest BCUT2D eigenvalue weighted by Gasteiger charge is -2.18. The Kier molecular flexibility index (Phi) is 8.02. The van der Waals surface area contributed by atoms with Crippen molar-refractivity contribution >= 4 is 22.6 Å². The van der Waals surface area contributed by atoms with Crippen molar-refractivity contribution < 1.29 is 27.4 Å². The van der Waals surface area contributed by atoms with Crippen LogP contribution in [-0.4, -0.2) is 23.9 Å². The third-order valence-electron chi connectivity index (χ3n) is 2.57. The van der Waals surface area contributed by atoms with Gasteiger partial charge < -0.3 is 14.2 Å². The predicted molar refractivity (Wildman–Crippen MR) is 86.1 cm³/mol. The van der Waals surface area contributed by atoms with Gasteiger partial charge in [0.2, 0.25) is 0 Å². The third-order valence-corrected chi connectivity index (χ3v) is 3.01. The lowest BCUT2D eigenvalue weighted by molar-refractivity contribution is -0.137. The Morgan fingerprint density at radius 2 is 2.09 bits per heavy atom. The normalized spacial score (nSPS) is 13.8. The molecular formula is C15H18F3IO3. The molecule has 1 unspecified atom stereocenters. The van der Waals surface area contributed by atoms with Crippen molar-refractivity contribution in [2.75, 3.05) is 17.6 Å². The molecule has 0 saturated heterocycles. The number of hydrogen-bond acceptors (Lipinski definition) is 3. The predicted octanol–water partition coefficient (Wildman–Crippen LogP) is 4.80. The average molecular weight is 430 g/mol. The van der Waals surface area contributed by atoms with E-state index in [4.69, 9.17) is 14.2 Å². The zero-order chi connectivity index (χ0) is 16.6. The molecule has 3 nitrogen and oxygen atoms in total. The van der Waals surface area contributed by atoms with Gasteiger partial charge in [0.25, 0.3) is 0 Å². The first-order valence-electron chi connectivity index (χ1n) is 6.70. The topological polar surface area (TPSA) is 27.7 Å². The maximum absolute atomic E-state index is 12.6. The van der Waals surface area contributed by atoms with Gasteiger partial charge in [-0.3, -0.25) is 0 Å². The zero-order valence-corrected chi connectivity index (χ0v) is 14.5. The van der Waals surface area contributed by atoms with E-state index in [1.807, 2.05) is 6.92 Å². The van der Waals surface area contributed by atoms with Gasteiger partial charge >= 0.3 is 6.18 Å². The van der Waals surface area contributed by atoms with Gasteiger partial charge in [-0.05, 0) is 38.1 Å². The Morgan fingerprint density at radius 1 is 1.36 bits per heavy atom. The van der Waals surface area contributed by atoms with Gasteiger partial charge in [-0.25, -0.2) is 0 Å². The Morgan fingerprint density at radius 3 is 2.68 bits per heavy atom. The largest absolute Gasteiger partial charge is 0.486 e. The van der Waals surface area contributed by atoms with Crippen molar-refractivity contribution in [1.82, 2.24) is 0 Å². The van der Waals surface area contributed by atoms with Crippen molar-refractivity contribution in [2.45, 2.75) is 26.3 Å². The minimum Gasteiger partial charge on any atom is -0.486 e. The van der Waals surface area contributed by atoms with E-state index < -0.39 is 18.0 Å². The molecule has 7 heteroatoms. The molecule has 0 spiro atoms. The van der Waals surface area contributed by atoms with E-state index in [2.05, 4.69) is 22.6 Å². The summed E-state index contributed by atoms with van der Waals surface area (Å²) in [6.45, 7) is 4.14. The molecule has 1 rings (SSSR count). The number of rotatable bonds is 8. The highest BCUT2D eigenvalue weighted by molar-refractivity contribution is 14.1. The molecule has 0 saturated carbocycles. The molecule has 0 bridgehead atoms. The van der Waals surface area contributed by atoms with Crippen LogP contribution in [0.5, 0.6) is 5.75 Å². The van der Waals surface area contributed by atoms with Crippen molar-refractivity contribution in [2.24, 2.45) is 0 Å². The van der Waals surface area contributed by atoms with Crippen molar-refractivity contribution in [3.63, 3.8) is 0 Å². The van der Waals surface area contributed by atoms with Gasteiger partial charge in [0.1, 0.15) is 18.1 Å². The number of allylic oxidation sites excluding steroid dienone is 1. The van der Waals surface area contributed by atoms with Crippen LogP contribution in [0, 0.1) is 0 Å². The van der Waals surface area contributed by atoms with Crippen molar-refractivity contribution in [3.8, 4) is 5.75 Å². The summed E-state index contributed by atoms with van der Waals surface area (Å²) in [5.41, 5.74) is -0.743. The fourth-order valence-electron chi connectivity index (χ4n) is 1.63. The summed E-state index contributed by atoms with van der Waals surface area (Å²) >= 11 is 2.14. The van der Waals surface area contributed by atoms with Crippen molar-refractivity contribution in [1.29, 1.82) is 0 Å². The fraction of sp³-hybridized carbons (Fsp3) is 0.467. The van der Waals surface area contributed by atoms with E-state index in [9.17, 15) is 13.2 Å². The fourth-order valence-corrected chi connectivity index (χ4v) is 2.12. The smallest absolute Gasteiger partial charge is 0.416 e. The standard InChI is InChI=1S/C15H18F3IO3/c1-3-20-11(2)22-14(7-8-19)10-21-13-6-4-5-12(9-13)15(16,17)18/h4-7,9,11H,3,8,10H2,1-2H3. The van der Waals surface area contributed by atoms with Gasteiger partial charge in [-0.15, -0.1) is 0 Å². The molecule has 124 valence electrons. The van der Waals surface area contributed by atoms with Gasteiger partial charge in [-0.1, -0.05) is 28.7 Å². The van der Waals surface area contributed by atoms with Crippen LogP contribution in [0.3, 0.4) is 0 Å². The Bertz CT molecular complexity index is 489. The molecule has 0 fully saturated rings. The molecule has 0 N–H and O–H groups in total. The molecule has 0 aromatic heterocycles. The van der Waals surface area contributed by atoms with Gasteiger partial charge in [-0.2, -0.15) is 13.2 Å². The minimum absolute atomic E-state index is 0.0434. The van der Waals surface area contributed by atoms with E-state index in [1.54, 1.807) is 13.0 Å². The zero-order valence-electron chi connectivity index (χ0n) is 12.3. The summed E-state index contributed by atoms with van der Waals surface area (Å²) in [7, 11) is 0. The molecule has 0 aliphatic rings. The minimum atomic E-state index is -4.39. The Hall–Kier alpha value is -0.960. The highest BCUT2D eigenvalue weighted by Gasteiger charge is 2.30. The van der Waals surface area contributed by atoms with Crippen LogP contribution < -0.4 is 4.74 Å². The SMILES string of the molecule is CCOC(C)OC(=CCI)COc1cccc(C(F)(F)F)c1. The van der Waals surface area contributed by atoms with Gasteiger partial charge in [0, 0.05) is 11.0 Å². The van der Waals surface area contributed by atoms with Gasteiger partial charge in [0.05, 0.1) is 5.56 Å². The highest BCUT2D eigenvalue weighted by Crippen LogP contribution is 2.31. The first kappa shape index (κ1) is 19.1. The van der Waals surface area contributed by atoms with Crippen LogP contribution in [0.4, 0.5) is 13.2 Å². The molecule has 0 amide bonds. The quantitative estimate of drug-likeness (QED) is 0.257. The van der Waals surface area contributed by atoms with Crippen LogP contribution >= 0.6 is 22.6 Å². The van der Waals surface area contributed by atoms with E-state index in [0.717, 1.165) is 12.1 Å². The molecule has 0 aliphatic heterocycles. The van der Waals surface area contributed by atoms with E-state index >= 15 is 0 Å². The second-order valence-corrected chi connectivity index (χ2v) is 5.16. The Labute approximate surface area is 141 Å². The summed E-state index contributed by atoms with van der Waals surface area (Å²) in [6.07, 6.45) is -3.03. The summed E-state index contributed by atoms with van der Waals surface area (Å²) in [4.78, 5) is 0. The second-order valence-electron chi connectivity index (χ2n) is 4.28. The Balaban J connectivity index is 2.67. The van der Waals surface area contributed by atoms with Crippen LogP contribution in [0.25, 0.3) is 0 Å². The lowest BCUT2D eigenvalue weighted by atomic mass is 10.2. The van der Waals surface area contributed by atoms with Gasteiger partial charge in [0.15, 0.2) is 6.29 Å². The van der Waals surface area contributed by atoms with Crippen LogP contribution in [0.1, 0.15) is 19.4 Å². The summed E-state index contributed by atoms with van der Waals surface area (Å²) in [5.74, 6) is 0.662. The van der Waals surface area contributed by atoms with E-state index in [1.165, 1.54) is 12.1 Å². The third kappa shape index (κ3) is 6.87. The molecule has 0 radical (unpaired) electrons. The maximum atomic E-state index is 12.6. The molecule has 0 aliphatic carbocycles. The van der Waals surface area contributed by atoms with E-state index in [0.29, 0.717) is 16.8 Å². The molecule has 1 aromatic carbocycles. The molecular weight excluding hydrogens is 412 g/mol. The van der Waals surface area contributed by atoms with Crippen LogP contribution in [-0.2, 0) is 15.7 Å². The number of ether oxygens (including phenoxy) is 3. The molecule has 0 heterocycles. The lowest BCUT2D eigenvalue weighted by Crippen LogP contribution is -2.16. The monoisotopic (exact) mass is 430 g/mol. The number of benzene rings is 1. The molecule has 1 atom stereocenters.